The Labute approximate surface area is 108 Å². The zero-order chi connectivity index (χ0) is 12.4. The predicted octanol–water partition coefficient (Wildman–Crippen LogP) is 3.07. The molecule has 1 saturated heterocycles. The quantitative estimate of drug-likeness (QED) is 0.874. The van der Waals surface area contributed by atoms with Crippen LogP contribution in [-0.4, -0.2) is 28.7 Å². The van der Waals surface area contributed by atoms with Gasteiger partial charge in [0.05, 0.1) is 6.10 Å². The van der Waals surface area contributed by atoms with Crippen LogP contribution in [0, 0.1) is 0 Å². The van der Waals surface area contributed by atoms with Crippen LogP contribution in [0.5, 0.6) is 0 Å². The first kappa shape index (κ1) is 12.8. The molecule has 2 nitrogen and oxygen atoms in total. The van der Waals surface area contributed by atoms with Crippen molar-refractivity contribution in [2.24, 2.45) is 0 Å². The minimum Gasteiger partial charge on any atom is -0.389 e. The summed E-state index contributed by atoms with van der Waals surface area (Å²) in [7, 11) is 0. The molecule has 3 heteroatoms. The van der Waals surface area contributed by atoms with E-state index in [2.05, 4.69) is 30.9 Å². The van der Waals surface area contributed by atoms with Crippen molar-refractivity contribution in [2.75, 3.05) is 17.2 Å². The van der Waals surface area contributed by atoms with Crippen molar-refractivity contribution < 1.29 is 5.11 Å². The number of benzene rings is 1. The van der Waals surface area contributed by atoms with Gasteiger partial charge < -0.3 is 10.0 Å². The minimum atomic E-state index is -0.400. The Kier molecular flexibility index (Phi) is 4.00. The molecule has 0 saturated carbocycles. The maximum Gasteiger partial charge on any atom is 0.0781 e. The predicted molar refractivity (Wildman–Crippen MR) is 75.8 cm³/mol. The summed E-state index contributed by atoms with van der Waals surface area (Å²) in [4.78, 5) is 2.43. The molecule has 1 heterocycles. The molecule has 0 radical (unpaired) electrons. The highest BCUT2D eigenvalue weighted by molar-refractivity contribution is 8.00. The number of hydrogen-bond donors (Lipinski definition) is 1. The Morgan fingerprint density at radius 2 is 2.06 bits per heavy atom. The number of anilines is 1. The smallest absolute Gasteiger partial charge is 0.0781 e. The Morgan fingerprint density at radius 1 is 1.35 bits per heavy atom. The largest absolute Gasteiger partial charge is 0.389 e. The first-order valence-corrected chi connectivity index (χ1v) is 7.31. The number of rotatable bonds is 2. The van der Waals surface area contributed by atoms with Gasteiger partial charge in [0.15, 0.2) is 0 Å². The third kappa shape index (κ3) is 2.61. The molecule has 17 heavy (non-hydrogen) atoms. The average molecular weight is 251 g/mol. The van der Waals surface area contributed by atoms with Crippen LogP contribution in [0.2, 0.25) is 0 Å². The summed E-state index contributed by atoms with van der Waals surface area (Å²) >= 11 is 2.03. The van der Waals surface area contributed by atoms with Gasteiger partial charge in [0.25, 0.3) is 0 Å². The lowest BCUT2D eigenvalue weighted by Gasteiger charge is -2.40. The molecule has 94 valence electrons. The number of para-hydroxylation sites is 1. The van der Waals surface area contributed by atoms with Crippen molar-refractivity contribution in [3.05, 3.63) is 29.8 Å². The molecule has 0 spiro atoms. The van der Waals surface area contributed by atoms with E-state index in [4.69, 9.17) is 0 Å². The number of nitrogens with zero attached hydrogens (tertiary/aromatic N) is 1. The van der Waals surface area contributed by atoms with Gasteiger partial charge in [-0.15, -0.1) is 0 Å². The van der Waals surface area contributed by atoms with Crippen LogP contribution >= 0.6 is 11.8 Å². The summed E-state index contributed by atoms with van der Waals surface area (Å²) in [6, 6.07) is 8.73. The summed E-state index contributed by atoms with van der Waals surface area (Å²) in [5, 5.41) is 10.5. The van der Waals surface area contributed by atoms with Crippen LogP contribution in [0.15, 0.2) is 24.3 Å². The van der Waals surface area contributed by atoms with Crippen molar-refractivity contribution >= 4 is 17.4 Å². The van der Waals surface area contributed by atoms with Gasteiger partial charge >= 0.3 is 0 Å². The van der Waals surface area contributed by atoms with Crippen LogP contribution in [0.1, 0.15) is 32.4 Å². The maximum atomic E-state index is 9.86. The summed E-state index contributed by atoms with van der Waals surface area (Å²) in [5.41, 5.74) is 2.24. The van der Waals surface area contributed by atoms with E-state index in [9.17, 15) is 5.11 Å². The molecule has 0 aromatic heterocycles. The molecule has 1 aromatic carbocycles. The SMILES string of the molecule is CC1SCCN(c2ccccc2[C@H](C)O)C1C. The normalized spacial score (nSPS) is 26.9. The zero-order valence-corrected chi connectivity index (χ0v) is 11.6. The Hall–Kier alpha value is -0.670. The number of aliphatic hydroxyl groups excluding tert-OH is 1. The third-order valence-corrected chi connectivity index (χ3v) is 4.92. The molecule has 0 aliphatic carbocycles. The van der Waals surface area contributed by atoms with Gasteiger partial charge in [-0.25, -0.2) is 0 Å². The highest BCUT2D eigenvalue weighted by Crippen LogP contribution is 2.33. The third-order valence-electron chi connectivity index (χ3n) is 3.58. The molecular weight excluding hydrogens is 230 g/mol. The zero-order valence-electron chi connectivity index (χ0n) is 10.8. The van der Waals surface area contributed by atoms with Crippen LogP contribution < -0.4 is 4.90 Å². The standard InChI is InChI=1S/C14H21NOS/c1-10-12(3)17-9-8-15(10)14-7-5-4-6-13(14)11(2)16/h4-7,10-12,16H,8-9H2,1-3H3/t10?,11-,12?/m0/s1. The van der Waals surface area contributed by atoms with Crippen molar-refractivity contribution in [3.63, 3.8) is 0 Å². The van der Waals surface area contributed by atoms with Crippen molar-refractivity contribution in [2.45, 2.75) is 38.2 Å². The van der Waals surface area contributed by atoms with E-state index < -0.39 is 6.10 Å². The first-order valence-electron chi connectivity index (χ1n) is 6.26. The fourth-order valence-electron chi connectivity index (χ4n) is 2.38. The highest BCUT2D eigenvalue weighted by Gasteiger charge is 2.27. The maximum absolute atomic E-state index is 9.86. The van der Waals surface area contributed by atoms with E-state index in [1.165, 1.54) is 11.4 Å². The van der Waals surface area contributed by atoms with Gasteiger partial charge in [-0.2, -0.15) is 11.8 Å². The lowest BCUT2D eigenvalue weighted by Crippen LogP contribution is -2.45. The first-order chi connectivity index (χ1) is 8.11. The molecule has 0 amide bonds. The molecule has 1 aromatic rings. The van der Waals surface area contributed by atoms with Crippen LogP contribution in [-0.2, 0) is 0 Å². The van der Waals surface area contributed by atoms with Gasteiger partial charge in [0.1, 0.15) is 0 Å². The van der Waals surface area contributed by atoms with Crippen LogP contribution in [0.25, 0.3) is 0 Å². The van der Waals surface area contributed by atoms with Crippen LogP contribution in [0.4, 0.5) is 5.69 Å². The molecule has 1 N–H and O–H groups in total. The second-order valence-corrected chi connectivity index (χ2v) is 6.23. The summed E-state index contributed by atoms with van der Waals surface area (Å²) in [6.45, 7) is 7.47. The van der Waals surface area contributed by atoms with Gasteiger partial charge in [-0.3, -0.25) is 0 Å². The van der Waals surface area contributed by atoms with Gasteiger partial charge in [0.2, 0.25) is 0 Å². The number of hydrogen-bond acceptors (Lipinski definition) is 3. The highest BCUT2D eigenvalue weighted by atomic mass is 32.2. The summed E-state index contributed by atoms with van der Waals surface area (Å²) < 4.78 is 0. The Bertz CT molecular complexity index is 380. The van der Waals surface area contributed by atoms with Crippen LogP contribution in [0.3, 0.4) is 0 Å². The molecule has 2 unspecified atom stereocenters. The molecular formula is C14H21NOS. The van der Waals surface area contributed by atoms with Crippen molar-refractivity contribution in [1.29, 1.82) is 0 Å². The Morgan fingerprint density at radius 3 is 2.76 bits per heavy atom. The fourth-order valence-corrected chi connectivity index (χ4v) is 3.47. The second-order valence-electron chi connectivity index (χ2n) is 4.74. The van der Waals surface area contributed by atoms with Gasteiger partial charge in [-0.1, -0.05) is 25.1 Å². The molecule has 0 bridgehead atoms. The van der Waals surface area contributed by atoms with Crippen molar-refractivity contribution in [3.8, 4) is 0 Å². The van der Waals surface area contributed by atoms with E-state index in [0.717, 1.165) is 12.1 Å². The summed E-state index contributed by atoms with van der Waals surface area (Å²) in [6.07, 6.45) is -0.400. The monoisotopic (exact) mass is 251 g/mol. The van der Waals surface area contributed by atoms with E-state index in [1.54, 1.807) is 0 Å². The topological polar surface area (TPSA) is 23.5 Å². The second kappa shape index (κ2) is 5.32. The average Bonchev–Trinajstić information content (AvgIpc) is 2.33. The minimum absolute atomic E-state index is 0.400. The van der Waals surface area contributed by atoms with Gasteiger partial charge in [-0.05, 0) is 19.9 Å². The lowest BCUT2D eigenvalue weighted by atomic mass is 10.0. The van der Waals surface area contributed by atoms with E-state index in [-0.39, 0.29) is 0 Å². The van der Waals surface area contributed by atoms with Gasteiger partial charge in [0, 0.05) is 34.8 Å². The molecule has 1 fully saturated rings. The van der Waals surface area contributed by atoms with E-state index in [1.807, 2.05) is 30.8 Å². The molecule has 1 aliphatic rings. The summed E-state index contributed by atoms with van der Waals surface area (Å²) in [5.74, 6) is 1.17. The van der Waals surface area contributed by atoms with E-state index >= 15 is 0 Å². The Balaban J connectivity index is 2.32. The molecule has 3 atom stereocenters. The number of thioether (sulfide) groups is 1. The lowest BCUT2D eigenvalue weighted by molar-refractivity contribution is 0.199. The number of aliphatic hydroxyl groups is 1. The molecule has 1 aliphatic heterocycles. The van der Waals surface area contributed by atoms with E-state index in [0.29, 0.717) is 11.3 Å². The molecule has 2 rings (SSSR count). The van der Waals surface area contributed by atoms with Crippen molar-refractivity contribution in [1.82, 2.24) is 0 Å². The fraction of sp³-hybridized carbons (Fsp3) is 0.571.